The van der Waals surface area contributed by atoms with Gasteiger partial charge in [-0.05, 0) is 103 Å². The van der Waals surface area contributed by atoms with Crippen LogP contribution in [0.4, 0.5) is 45.9 Å². The standard InChI is InChI=1S/C50H48F8N10O3S2/c1-73(2,3)17-16-71-26-67-11-10-60-47(67)28-4-7-32(8-5-28)65-12-14-66(15-13-65)48-63-46-39(72-48)24-33(29-6-9-37(53)35(21-29)45(59)70)42(62-46)38(20-27-18-30(51)22-31(52)19-27)61-40(69)25-68-44-41(43(64-68)50(56,57)58)34-23-36(34)49(44,54)55/h4-11,18-19,21-22,24,34,36,38H,12-17,20,23,25-26H2,1-3H3,(H2,59,70)(H,61,69)/t34-,36+,38-/m0/s1. The van der Waals surface area contributed by atoms with E-state index in [1.165, 1.54) is 23.5 Å². The highest BCUT2D eigenvalue weighted by Crippen LogP contribution is 2.68. The summed E-state index contributed by atoms with van der Waals surface area (Å²) in [6, 6.07) is 14.6. The van der Waals surface area contributed by atoms with Crippen LogP contribution in [0.5, 0.6) is 0 Å². The number of hydrogen-bond donors (Lipinski definition) is 2. The predicted octanol–water partition coefficient (Wildman–Crippen LogP) is 9.26. The van der Waals surface area contributed by atoms with E-state index in [-0.39, 0.29) is 34.5 Å². The summed E-state index contributed by atoms with van der Waals surface area (Å²) in [6.45, 7) is 2.33. The summed E-state index contributed by atoms with van der Waals surface area (Å²) in [5.41, 5.74) is 4.43. The number of ether oxygens (including phenoxy) is 1. The lowest BCUT2D eigenvalue weighted by Crippen LogP contribution is -2.46. The Labute approximate surface area is 418 Å². The van der Waals surface area contributed by atoms with Crippen LogP contribution in [-0.4, -0.2) is 98.4 Å². The van der Waals surface area contributed by atoms with Crippen LogP contribution in [0.1, 0.15) is 56.9 Å². The summed E-state index contributed by atoms with van der Waals surface area (Å²) >= 11 is 1.28. The maximum atomic E-state index is 15.5. The number of pyridine rings is 1. The zero-order valence-corrected chi connectivity index (χ0v) is 41.2. The molecule has 73 heavy (non-hydrogen) atoms. The van der Waals surface area contributed by atoms with Crippen LogP contribution in [0.3, 0.4) is 0 Å². The van der Waals surface area contributed by atoms with Crippen LogP contribution >= 0.6 is 21.4 Å². The van der Waals surface area contributed by atoms with Gasteiger partial charge < -0.3 is 30.2 Å². The van der Waals surface area contributed by atoms with Crippen LogP contribution in [0.2, 0.25) is 0 Å². The predicted molar refractivity (Wildman–Crippen MR) is 263 cm³/mol. The molecule has 0 spiro atoms. The fourth-order valence-electron chi connectivity index (χ4n) is 9.65. The van der Waals surface area contributed by atoms with Gasteiger partial charge in [0.05, 0.1) is 28.6 Å². The number of carbonyl (C=O) groups excluding carboxylic acids is 2. The Balaban J connectivity index is 0.940. The average Bonchev–Trinajstić information content (AvgIpc) is 3.55. The molecule has 2 aliphatic carbocycles. The van der Waals surface area contributed by atoms with Gasteiger partial charge in [0.15, 0.2) is 16.5 Å². The van der Waals surface area contributed by atoms with Gasteiger partial charge in [0.2, 0.25) is 5.91 Å². The minimum atomic E-state index is -5.09. The van der Waals surface area contributed by atoms with Crippen molar-refractivity contribution in [3.8, 4) is 22.5 Å². The van der Waals surface area contributed by atoms with Crippen LogP contribution in [0.15, 0.2) is 79.1 Å². The number of hydrogen-bond acceptors (Lipinski definition) is 10. The van der Waals surface area contributed by atoms with Gasteiger partial charge in [0, 0.05) is 78.7 Å². The molecule has 0 bridgehead atoms. The van der Waals surface area contributed by atoms with E-state index in [1.807, 2.05) is 35.0 Å². The number of nitrogens with one attached hydrogen (secondary N) is 1. The second-order valence-electron chi connectivity index (χ2n) is 19.3. The smallest absolute Gasteiger partial charge is 0.368 e. The molecule has 13 nitrogen and oxygen atoms in total. The Kier molecular flexibility index (Phi) is 13.0. The Morgan fingerprint density at radius 3 is 2.32 bits per heavy atom. The molecule has 3 aliphatic rings. The zero-order chi connectivity index (χ0) is 51.7. The molecule has 1 aliphatic heterocycles. The average molecular weight is 1050 g/mol. The van der Waals surface area contributed by atoms with Crippen molar-refractivity contribution in [2.24, 2.45) is 11.7 Å². The molecule has 3 N–H and O–H groups in total. The maximum Gasteiger partial charge on any atom is 0.435 e. The molecule has 10 rings (SSSR count). The number of fused-ring (bicyclic) bond motifs is 4. The number of carbonyl (C=O) groups is 2. The van der Waals surface area contributed by atoms with E-state index in [2.05, 4.69) is 44.0 Å². The zero-order valence-electron chi connectivity index (χ0n) is 39.5. The maximum absolute atomic E-state index is 15.5. The molecule has 23 heteroatoms. The van der Waals surface area contributed by atoms with Crippen LogP contribution in [0.25, 0.3) is 32.9 Å². The molecule has 3 aromatic carbocycles. The number of nitrogens with zero attached hydrogens (tertiary/aromatic N) is 8. The summed E-state index contributed by atoms with van der Waals surface area (Å²) in [5.74, 6) is -9.33. The van der Waals surface area contributed by atoms with Crippen molar-refractivity contribution in [3.05, 3.63) is 130 Å². The highest BCUT2D eigenvalue weighted by atomic mass is 32.3. The van der Waals surface area contributed by atoms with Gasteiger partial charge in [0.25, 0.3) is 11.8 Å². The lowest BCUT2D eigenvalue weighted by Gasteiger charge is -2.36. The third-order valence-electron chi connectivity index (χ3n) is 13.3. The number of piperazine rings is 1. The summed E-state index contributed by atoms with van der Waals surface area (Å²) in [4.78, 5) is 45.1. The highest BCUT2D eigenvalue weighted by molar-refractivity contribution is 8.32. The van der Waals surface area contributed by atoms with Crippen molar-refractivity contribution in [1.29, 1.82) is 0 Å². The van der Waals surface area contributed by atoms with Gasteiger partial charge in [-0.15, -0.1) is 0 Å². The minimum Gasteiger partial charge on any atom is -0.368 e. The molecule has 1 saturated heterocycles. The van der Waals surface area contributed by atoms with Crippen molar-refractivity contribution >= 4 is 54.3 Å². The Bertz CT molecular complexity index is 3230. The van der Waals surface area contributed by atoms with Crippen molar-refractivity contribution in [1.82, 2.24) is 34.6 Å². The van der Waals surface area contributed by atoms with Gasteiger partial charge in [-0.25, -0.2) is 33.2 Å². The van der Waals surface area contributed by atoms with Crippen LogP contribution in [-0.2, 0) is 41.3 Å². The van der Waals surface area contributed by atoms with Crippen LogP contribution in [0, 0.1) is 23.4 Å². The number of halogens is 8. The number of benzene rings is 3. The number of aromatic nitrogens is 6. The normalized spacial score (nSPS) is 18.0. The third-order valence-corrected chi connectivity index (χ3v) is 15.7. The topological polar surface area (TPSA) is 149 Å². The fourth-order valence-corrected chi connectivity index (χ4v) is 11.3. The Morgan fingerprint density at radius 1 is 0.932 bits per heavy atom. The van der Waals surface area contributed by atoms with E-state index in [1.54, 1.807) is 12.3 Å². The minimum absolute atomic E-state index is 0.00799. The van der Waals surface area contributed by atoms with Gasteiger partial charge in [-0.1, -0.05) is 17.4 Å². The monoisotopic (exact) mass is 1050 g/mol. The second-order valence-corrected chi connectivity index (χ2v) is 24.9. The molecule has 1 saturated carbocycles. The van der Waals surface area contributed by atoms with Crippen molar-refractivity contribution in [2.75, 3.05) is 67.1 Å². The number of thiazole rings is 1. The molecular weight excluding hydrogens is 1000 g/mol. The number of nitrogens with two attached hydrogens (primary N) is 1. The summed E-state index contributed by atoms with van der Waals surface area (Å²) in [6.07, 6.45) is 4.77. The van der Waals surface area contributed by atoms with E-state index in [4.69, 9.17) is 20.4 Å². The fraction of sp³-hybridized carbons (Fsp3) is 0.360. The van der Waals surface area contributed by atoms with Crippen LogP contribution < -0.4 is 20.9 Å². The SMILES string of the molecule is CS(C)(C)CCOCn1ccnc1-c1ccc(N2CCN(c3nc4nc([C@H](Cc5cc(F)cc(F)c5)NC(=O)Cn5nc(C(F)(F)F)c6c5C(F)(F)[C@@H]5C[C@H]65)c(-c5ccc(F)c(C(N)=O)c5)cc4s3)CC2)cc1. The lowest BCUT2D eigenvalue weighted by atomic mass is 9.94. The molecule has 0 radical (unpaired) electrons. The molecule has 5 heterocycles. The Hall–Kier alpha value is -6.59. The molecule has 0 unspecified atom stereocenters. The van der Waals surface area contributed by atoms with Gasteiger partial charge in [-0.3, -0.25) is 14.3 Å². The first-order valence-electron chi connectivity index (χ1n) is 23.2. The highest BCUT2D eigenvalue weighted by Gasteiger charge is 2.68. The molecule has 4 aromatic heterocycles. The quantitative estimate of drug-likeness (QED) is 0.0714. The molecule has 7 aromatic rings. The third kappa shape index (κ3) is 10.2. The Morgan fingerprint density at radius 2 is 1.63 bits per heavy atom. The first-order valence-corrected chi connectivity index (χ1v) is 27.0. The first-order chi connectivity index (χ1) is 34.6. The lowest BCUT2D eigenvalue weighted by molar-refractivity contribution is -0.142. The van der Waals surface area contributed by atoms with E-state index >= 15 is 8.78 Å². The number of primary amides is 1. The summed E-state index contributed by atoms with van der Waals surface area (Å²) < 4.78 is 127. The van der Waals surface area contributed by atoms with E-state index in [9.17, 15) is 35.9 Å². The number of alkyl halides is 5. The number of imidazole rings is 1. The first kappa shape index (κ1) is 50.0. The van der Waals surface area contributed by atoms with E-state index < -0.39 is 105 Å². The van der Waals surface area contributed by atoms with E-state index in [0.717, 1.165) is 41.0 Å². The van der Waals surface area contributed by atoms with E-state index in [0.29, 0.717) is 60.1 Å². The molecular formula is C50H48F8N10O3S2. The number of anilines is 2. The molecule has 2 amide bonds. The molecule has 2 fully saturated rings. The molecule has 384 valence electrons. The van der Waals surface area contributed by atoms with Gasteiger partial charge >= 0.3 is 6.18 Å². The number of rotatable bonds is 16. The summed E-state index contributed by atoms with van der Waals surface area (Å²) in [5, 5.41) is 6.71. The van der Waals surface area contributed by atoms with Crippen molar-refractivity contribution in [2.45, 2.75) is 50.2 Å². The number of amides is 2. The summed E-state index contributed by atoms with van der Waals surface area (Å²) in [7, 11) is -0.671. The molecule has 3 atom stereocenters. The van der Waals surface area contributed by atoms with Gasteiger partial charge in [0.1, 0.15) is 42.2 Å². The largest absolute Gasteiger partial charge is 0.435 e. The van der Waals surface area contributed by atoms with Crippen molar-refractivity contribution in [3.63, 3.8) is 0 Å². The van der Waals surface area contributed by atoms with Gasteiger partial charge in [-0.2, -0.15) is 32.0 Å². The van der Waals surface area contributed by atoms with Crippen molar-refractivity contribution < 1.29 is 49.4 Å². The second kappa shape index (κ2) is 19.0.